The van der Waals surface area contributed by atoms with Crippen molar-refractivity contribution in [3.63, 3.8) is 0 Å². The summed E-state index contributed by atoms with van der Waals surface area (Å²) in [5.74, 6) is 0.170. The van der Waals surface area contributed by atoms with Crippen LogP contribution in [0.3, 0.4) is 0 Å². The maximum atomic E-state index is 12.5. The Hall–Kier alpha value is -0.830. The Kier molecular flexibility index (Phi) is 4.21. The summed E-state index contributed by atoms with van der Waals surface area (Å²) in [4.78, 5) is 14.5. The molecule has 1 aliphatic heterocycles. The van der Waals surface area contributed by atoms with Crippen molar-refractivity contribution >= 4 is 21.8 Å². The second kappa shape index (κ2) is 5.67. The van der Waals surface area contributed by atoms with Crippen molar-refractivity contribution in [3.8, 4) is 0 Å². The molecule has 0 saturated carbocycles. The minimum absolute atomic E-state index is 0.170. The van der Waals surface area contributed by atoms with E-state index in [0.717, 1.165) is 35.8 Å². The first kappa shape index (κ1) is 12.6. The second-order valence-corrected chi connectivity index (χ2v) is 5.39. The fraction of sp³-hybridized carbons (Fsp3) is 0.500. The number of amides is 1. The third-order valence-electron chi connectivity index (χ3n) is 3.46. The number of hydrogen-bond donors (Lipinski definition) is 0. The molecule has 1 aromatic carbocycles. The van der Waals surface area contributed by atoms with Gasteiger partial charge < -0.3 is 4.90 Å². The molecule has 0 aromatic heterocycles. The van der Waals surface area contributed by atoms with Gasteiger partial charge in [-0.15, -0.1) is 0 Å². The van der Waals surface area contributed by atoms with E-state index in [0.29, 0.717) is 6.04 Å². The average molecular weight is 296 g/mol. The van der Waals surface area contributed by atoms with E-state index < -0.39 is 0 Å². The highest BCUT2D eigenvalue weighted by Gasteiger charge is 2.26. The van der Waals surface area contributed by atoms with Gasteiger partial charge >= 0.3 is 0 Å². The molecule has 1 fully saturated rings. The van der Waals surface area contributed by atoms with Crippen LogP contribution in [0.5, 0.6) is 0 Å². The van der Waals surface area contributed by atoms with Gasteiger partial charge in [0.25, 0.3) is 5.91 Å². The van der Waals surface area contributed by atoms with Crippen LogP contribution >= 0.6 is 15.9 Å². The molecule has 0 aliphatic carbocycles. The Morgan fingerprint density at radius 3 is 2.88 bits per heavy atom. The van der Waals surface area contributed by atoms with Crippen LogP contribution < -0.4 is 0 Å². The number of piperidine rings is 1. The minimum atomic E-state index is 0.170. The summed E-state index contributed by atoms with van der Waals surface area (Å²) in [5, 5.41) is 0. The molecule has 2 nitrogen and oxygen atoms in total. The summed E-state index contributed by atoms with van der Waals surface area (Å²) < 4.78 is 0.894. The summed E-state index contributed by atoms with van der Waals surface area (Å²) in [6, 6.07) is 8.10. The van der Waals surface area contributed by atoms with Crippen molar-refractivity contribution < 1.29 is 4.79 Å². The van der Waals surface area contributed by atoms with Gasteiger partial charge in [0, 0.05) is 17.1 Å². The minimum Gasteiger partial charge on any atom is -0.336 e. The van der Waals surface area contributed by atoms with Crippen LogP contribution in [0.1, 0.15) is 43.0 Å². The van der Waals surface area contributed by atoms with Crippen molar-refractivity contribution in [2.24, 2.45) is 0 Å². The van der Waals surface area contributed by atoms with E-state index in [1.165, 1.54) is 6.42 Å². The maximum absolute atomic E-state index is 12.5. The van der Waals surface area contributed by atoms with Crippen molar-refractivity contribution in [1.82, 2.24) is 4.90 Å². The standard InChI is InChI=1S/C14H18BrNO/c1-2-11-7-5-6-10-16(11)14(17)12-8-3-4-9-13(12)15/h3-4,8-9,11H,2,5-7,10H2,1H3/t11-/m0/s1. The zero-order valence-corrected chi connectivity index (χ0v) is 11.7. The zero-order valence-electron chi connectivity index (χ0n) is 10.2. The number of halogens is 1. The molecule has 1 aliphatic rings. The predicted molar refractivity (Wildman–Crippen MR) is 73.1 cm³/mol. The molecule has 1 atom stereocenters. The fourth-order valence-electron chi connectivity index (χ4n) is 2.48. The normalized spacial score (nSPS) is 20.4. The molecule has 1 aromatic rings. The number of nitrogens with zero attached hydrogens (tertiary/aromatic N) is 1. The molecular weight excluding hydrogens is 278 g/mol. The van der Waals surface area contributed by atoms with Gasteiger partial charge in [0.15, 0.2) is 0 Å². The Morgan fingerprint density at radius 1 is 1.41 bits per heavy atom. The van der Waals surface area contributed by atoms with Gasteiger partial charge in [0.1, 0.15) is 0 Å². The monoisotopic (exact) mass is 295 g/mol. The van der Waals surface area contributed by atoms with Crippen molar-refractivity contribution in [3.05, 3.63) is 34.3 Å². The third-order valence-corrected chi connectivity index (χ3v) is 4.16. The molecule has 0 spiro atoms. The zero-order chi connectivity index (χ0) is 12.3. The average Bonchev–Trinajstić information content (AvgIpc) is 2.38. The fourth-order valence-corrected chi connectivity index (χ4v) is 2.94. The van der Waals surface area contributed by atoms with E-state index in [4.69, 9.17) is 0 Å². The molecule has 1 heterocycles. The SMILES string of the molecule is CC[C@H]1CCCCN1C(=O)c1ccccc1Br. The highest BCUT2D eigenvalue weighted by molar-refractivity contribution is 9.10. The first-order chi connectivity index (χ1) is 8.24. The third kappa shape index (κ3) is 2.71. The number of hydrogen-bond acceptors (Lipinski definition) is 1. The number of likely N-dealkylation sites (tertiary alicyclic amines) is 1. The smallest absolute Gasteiger partial charge is 0.255 e. The summed E-state index contributed by atoms with van der Waals surface area (Å²) in [6.45, 7) is 3.06. The van der Waals surface area contributed by atoms with Gasteiger partial charge in [-0.05, 0) is 53.7 Å². The van der Waals surface area contributed by atoms with Crippen LogP contribution in [-0.2, 0) is 0 Å². The molecule has 1 saturated heterocycles. The van der Waals surface area contributed by atoms with E-state index in [1.54, 1.807) is 0 Å². The van der Waals surface area contributed by atoms with Crippen molar-refractivity contribution in [1.29, 1.82) is 0 Å². The predicted octanol–water partition coefficient (Wildman–Crippen LogP) is 3.85. The molecule has 1 amide bonds. The van der Waals surface area contributed by atoms with Crippen molar-refractivity contribution in [2.75, 3.05) is 6.54 Å². The highest BCUT2D eigenvalue weighted by atomic mass is 79.9. The van der Waals surface area contributed by atoms with Crippen molar-refractivity contribution in [2.45, 2.75) is 38.6 Å². The van der Waals surface area contributed by atoms with Gasteiger partial charge in [0.2, 0.25) is 0 Å². The topological polar surface area (TPSA) is 20.3 Å². The second-order valence-electron chi connectivity index (χ2n) is 4.54. The van der Waals surface area contributed by atoms with Crippen LogP contribution in [-0.4, -0.2) is 23.4 Å². The van der Waals surface area contributed by atoms with Crippen LogP contribution in [0, 0.1) is 0 Å². The Morgan fingerprint density at radius 2 is 2.18 bits per heavy atom. The number of rotatable bonds is 2. The summed E-state index contributed by atoms with van der Waals surface area (Å²) in [7, 11) is 0. The molecule has 0 N–H and O–H groups in total. The lowest BCUT2D eigenvalue weighted by Gasteiger charge is -2.35. The molecule has 17 heavy (non-hydrogen) atoms. The lowest BCUT2D eigenvalue weighted by Crippen LogP contribution is -2.43. The van der Waals surface area contributed by atoms with Gasteiger partial charge in [-0.1, -0.05) is 19.1 Å². The van der Waals surface area contributed by atoms with Crippen LogP contribution in [0.4, 0.5) is 0 Å². The maximum Gasteiger partial charge on any atom is 0.255 e. The number of carbonyl (C=O) groups excluding carboxylic acids is 1. The quantitative estimate of drug-likeness (QED) is 0.811. The Bertz CT molecular complexity index is 405. The summed E-state index contributed by atoms with van der Waals surface area (Å²) >= 11 is 3.46. The van der Waals surface area contributed by atoms with E-state index in [1.807, 2.05) is 29.2 Å². The van der Waals surface area contributed by atoms with E-state index >= 15 is 0 Å². The van der Waals surface area contributed by atoms with Gasteiger partial charge in [-0.25, -0.2) is 0 Å². The molecule has 0 bridgehead atoms. The first-order valence-corrected chi connectivity index (χ1v) is 7.09. The molecule has 0 unspecified atom stereocenters. The van der Waals surface area contributed by atoms with E-state index in [9.17, 15) is 4.79 Å². The van der Waals surface area contributed by atoms with Crippen LogP contribution in [0.2, 0.25) is 0 Å². The number of benzene rings is 1. The summed E-state index contributed by atoms with van der Waals surface area (Å²) in [5.41, 5.74) is 0.785. The number of carbonyl (C=O) groups is 1. The van der Waals surface area contributed by atoms with Crippen LogP contribution in [0.15, 0.2) is 28.7 Å². The lowest BCUT2D eigenvalue weighted by molar-refractivity contribution is 0.0607. The van der Waals surface area contributed by atoms with E-state index in [2.05, 4.69) is 22.9 Å². The van der Waals surface area contributed by atoms with E-state index in [-0.39, 0.29) is 5.91 Å². The molecule has 3 heteroatoms. The van der Waals surface area contributed by atoms with Gasteiger partial charge in [-0.3, -0.25) is 4.79 Å². The summed E-state index contributed by atoms with van der Waals surface area (Å²) in [6.07, 6.45) is 4.58. The lowest BCUT2D eigenvalue weighted by atomic mass is 9.99. The Labute approximate surface area is 111 Å². The van der Waals surface area contributed by atoms with Gasteiger partial charge in [0.05, 0.1) is 5.56 Å². The Balaban J connectivity index is 2.21. The molecular formula is C14H18BrNO. The van der Waals surface area contributed by atoms with Gasteiger partial charge in [-0.2, -0.15) is 0 Å². The molecule has 0 radical (unpaired) electrons. The largest absolute Gasteiger partial charge is 0.336 e. The molecule has 2 rings (SSSR count). The van der Waals surface area contributed by atoms with Crippen LogP contribution in [0.25, 0.3) is 0 Å². The molecule has 92 valence electrons. The first-order valence-electron chi connectivity index (χ1n) is 6.29. The highest BCUT2D eigenvalue weighted by Crippen LogP contribution is 2.24.